The molecule has 2 aromatic heterocycles. The largest absolute Gasteiger partial charge is 0.497 e. The molecule has 184 valence electrons. The molecule has 1 aliphatic carbocycles. The molecule has 3 aromatic rings. The summed E-state index contributed by atoms with van der Waals surface area (Å²) in [4.78, 5) is 23.1. The third kappa shape index (κ3) is 5.46. The van der Waals surface area contributed by atoms with Crippen LogP contribution in [0.5, 0.6) is 5.75 Å². The molecule has 0 unspecified atom stereocenters. The van der Waals surface area contributed by atoms with E-state index in [-0.39, 0.29) is 17.4 Å². The highest BCUT2D eigenvalue weighted by atomic mass is 16.7. The van der Waals surface area contributed by atoms with E-state index in [9.17, 15) is 4.79 Å². The Morgan fingerprint density at radius 3 is 2.77 bits per heavy atom. The number of amides is 1. The Morgan fingerprint density at radius 1 is 1.20 bits per heavy atom. The van der Waals surface area contributed by atoms with Crippen LogP contribution in [0.25, 0.3) is 11.5 Å². The number of carbonyl (C=O) groups is 1. The van der Waals surface area contributed by atoms with Gasteiger partial charge in [0, 0.05) is 19.4 Å². The number of nitrogens with zero attached hydrogens (tertiary/aromatic N) is 6. The first-order valence-corrected chi connectivity index (χ1v) is 11.8. The highest BCUT2D eigenvalue weighted by molar-refractivity contribution is 5.93. The molecule has 1 aromatic carbocycles. The molecule has 1 saturated carbocycles. The van der Waals surface area contributed by atoms with Crippen molar-refractivity contribution < 1.29 is 19.0 Å². The van der Waals surface area contributed by atoms with Crippen LogP contribution in [0.15, 0.2) is 30.3 Å². The van der Waals surface area contributed by atoms with Gasteiger partial charge in [0.05, 0.1) is 26.9 Å². The lowest BCUT2D eigenvalue weighted by Crippen LogP contribution is -2.36. The monoisotopic (exact) mass is 479 g/mol. The van der Waals surface area contributed by atoms with Crippen LogP contribution in [0.3, 0.4) is 0 Å². The molecule has 0 atom stereocenters. The molecule has 0 radical (unpaired) electrons. The normalized spacial score (nSPS) is 17.5. The summed E-state index contributed by atoms with van der Waals surface area (Å²) >= 11 is 0. The second kappa shape index (κ2) is 10.0. The molecule has 1 spiro atoms. The number of hydrogen-bond donors (Lipinski definition) is 1. The van der Waals surface area contributed by atoms with Crippen LogP contribution >= 0.6 is 0 Å². The van der Waals surface area contributed by atoms with E-state index in [1.165, 1.54) is 0 Å². The second-order valence-electron chi connectivity index (χ2n) is 8.94. The SMILES string of the molecule is COc1cccc(CNC(=O)c2cc(-c3nnn(CC4CCC5(CC4)OCCO5)n3)nc(C)n2)c1. The van der Waals surface area contributed by atoms with Gasteiger partial charge in [-0.15, -0.1) is 10.2 Å². The Morgan fingerprint density at radius 2 is 2.00 bits per heavy atom. The topological polar surface area (TPSA) is 126 Å². The van der Waals surface area contributed by atoms with Crippen molar-refractivity contribution in [1.29, 1.82) is 0 Å². The summed E-state index contributed by atoms with van der Waals surface area (Å²) in [5.74, 6) is 1.31. The van der Waals surface area contributed by atoms with Crippen LogP contribution < -0.4 is 10.1 Å². The number of aromatic nitrogens is 6. The molecule has 11 heteroatoms. The van der Waals surface area contributed by atoms with Gasteiger partial charge in [-0.25, -0.2) is 9.97 Å². The quantitative estimate of drug-likeness (QED) is 0.543. The molecule has 2 aliphatic rings. The van der Waals surface area contributed by atoms with Crippen molar-refractivity contribution in [2.45, 2.75) is 51.5 Å². The standard InChI is InChI=1S/C24H29N7O4/c1-16-26-20(13-21(27-16)23(32)25-14-18-4-3-5-19(12-18)33-2)22-28-30-31(29-22)15-17-6-8-24(9-7-17)34-10-11-35-24/h3-5,12-13,17H,6-11,14-15H2,1-2H3,(H,25,32). The van der Waals surface area contributed by atoms with Crippen LogP contribution in [-0.4, -0.2) is 62.2 Å². The zero-order valence-corrected chi connectivity index (χ0v) is 19.9. The number of methoxy groups -OCH3 is 1. The Balaban J connectivity index is 1.22. The lowest BCUT2D eigenvalue weighted by Gasteiger charge is -2.35. The van der Waals surface area contributed by atoms with Gasteiger partial charge in [-0.1, -0.05) is 12.1 Å². The Hall–Kier alpha value is -3.44. The maximum Gasteiger partial charge on any atom is 0.270 e. The predicted octanol–water partition coefficient (Wildman–Crippen LogP) is 2.31. The highest BCUT2D eigenvalue weighted by Crippen LogP contribution is 2.38. The Labute approximate surface area is 203 Å². The Kier molecular flexibility index (Phi) is 6.69. The third-order valence-electron chi connectivity index (χ3n) is 6.44. The smallest absolute Gasteiger partial charge is 0.270 e. The van der Waals surface area contributed by atoms with Gasteiger partial charge in [0.15, 0.2) is 5.79 Å². The van der Waals surface area contributed by atoms with Gasteiger partial charge in [-0.2, -0.15) is 4.80 Å². The first-order chi connectivity index (χ1) is 17.0. The second-order valence-corrected chi connectivity index (χ2v) is 8.94. The third-order valence-corrected chi connectivity index (χ3v) is 6.44. The van der Waals surface area contributed by atoms with E-state index in [1.807, 2.05) is 24.3 Å². The molecular weight excluding hydrogens is 450 g/mol. The molecule has 5 rings (SSSR count). The molecule has 11 nitrogen and oxygen atoms in total. The number of nitrogens with one attached hydrogen (secondary N) is 1. The number of aryl methyl sites for hydroxylation is 1. The minimum Gasteiger partial charge on any atom is -0.497 e. The maximum atomic E-state index is 12.8. The summed E-state index contributed by atoms with van der Waals surface area (Å²) in [5, 5.41) is 15.8. The number of benzene rings is 1. The van der Waals surface area contributed by atoms with E-state index in [0.717, 1.165) is 37.0 Å². The van der Waals surface area contributed by atoms with Crippen LogP contribution in [0, 0.1) is 12.8 Å². The highest BCUT2D eigenvalue weighted by Gasteiger charge is 2.40. The van der Waals surface area contributed by atoms with E-state index in [1.54, 1.807) is 24.9 Å². The fourth-order valence-corrected chi connectivity index (χ4v) is 4.59. The first kappa shape index (κ1) is 23.3. The van der Waals surface area contributed by atoms with Crippen LogP contribution in [0.4, 0.5) is 0 Å². The summed E-state index contributed by atoms with van der Waals surface area (Å²) in [7, 11) is 1.61. The minimum atomic E-state index is -0.376. The molecule has 1 amide bonds. The number of tetrazole rings is 1. The minimum absolute atomic E-state index is 0.251. The van der Waals surface area contributed by atoms with Crippen molar-refractivity contribution in [3.8, 4) is 17.3 Å². The van der Waals surface area contributed by atoms with Crippen molar-refractivity contribution in [2.75, 3.05) is 20.3 Å². The molecule has 1 saturated heterocycles. The summed E-state index contributed by atoms with van der Waals surface area (Å²) in [6.45, 7) is 4.11. The van der Waals surface area contributed by atoms with Crippen molar-refractivity contribution in [3.63, 3.8) is 0 Å². The van der Waals surface area contributed by atoms with Crippen molar-refractivity contribution >= 4 is 5.91 Å². The van der Waals surface area contributed by atoms with E-state index >= 15 is 0 Å². The van der Waals surface area contributed by atoms with Crippen LogP contribution in [0.2, 0.25) is 0 Å². The number of rotatable bonds is 7. The van der Waals surface area contributed by atoms with Crippen molar-refractivity contribution in [1.82, 2.24) is 35.5 Å². The lowest BCUT2D eigenvalue weighted by molar-refractivity contribution is -0.183. The molecule has 0 bridgehead atoms. The van der Waals surface area contributed by atoms with Crippen molar-refractivity contribution in [2.24, 2.45) is 5.92 Å². The van der Waals surface area contributed by atoms with Crippen molar-refractivity contribution in [3.05, 3.63) is 47.4 Å². The zero-order chi connectivity index (χ0) is 24.3. The van der Waals surface area contributed by atoms with Gasteiger partial charge in [-0.3, -0.25) is 4.79 Å². The molecule has 1 aliphatic heterocycles. The van der Waals surface area contributed by atoms with E-state index in [2.05, 4.69) is 30.7 Å². The molecule has 2 fully saturated rings. The summed E-state index contributed by atoms with van der Waals surface area (Å²) < 4.78 is 16.9. The van der Waals surface area contributed by atoms with E-state index in [4.69, 9.17) is 14.2 Å². The lowest BCUT2D eigenvalue weighted by atomic mass is 9.85. The zero-order valence-electron chi connectivity index (χ0n) is 19.9. The van der Waals surface area contributed by atoms with E-state index < -0.39 is 0 Å². The fraction of sp³-hybridized carbons (Fsp3) is 0.500. The average molecular weight is 480 g/mol. The van der Waals surface area contributed by atoms with Gasteiger partial charge in [0.2, 0.25) is 5.82 Å². The molecule has 35 heavy (non-hydrogen) atoms. The number of carbonyl (C=O) groups excluding carboxylic acids is 1. The van der Waals surface area contributed by atoms with E-state index in [0.29, 0.717) is 49.6 Å². The Bertz CT molecular complexity index is 1180. The molecular formula is C24H29N7O4. The first-order valence-electron chi connectivity index (χ1n) is 11.8. The van der Waals surface area contributed by atoms with Gasteiger partial charge in [-0.05, 0) is 54.7 Å². The van der Waals surface area contributed by atoms with Crippen LogP contribution in [-0.2, 0) is 22.6 Å². The maximum absolute atomic E-state index is 12.8. The molecule has 3 heterocycles. The molecule has 1 N–H and O–H groups in total. The fourth-order valence-electron chi connectivity index (χ4n) is 4.59. The number of hydrogen-bond acceptors (Lipinski definition) is 9. The summed E-state index contributed by atoms with van der Waals surface area (Å²) in [5.41, 5.74) is 1.64. The van der Waals surface area contributed by atoms with Gasteiger partial charge in [0.25, 0.3) is 5.91 Å². The van der Waals surface area contributed by atoms with Gasteiger partial charge < -0.3 is 19.5 Å². The average Bonchev–Trinajstić information content (AvgIpc) is 3.54. The predicted molar refractivity (Wildman–Crippen MR) is 124 cm³/mol. The van der Waals surface area contributed by atoms with Crippen LogP contribution in [0.1, 0.15) is 47.6 Å². The summed E-state index contributed by atoms with van der Waals surface area (Å²) in [6.07, 6.45) is 3.75. The summed E-state index contributed by atoms with van der Waals surface area (Å²) in [6, 6.07) is 9.12. The van der Waals surface area contributed by atoms with Gasteiger partial charge in [0.1, 0.15) is 23.0 Å². The van der Waals surface area contributed by atoms with Gasteiger partial charge >= 0.3 is 0 Å². The number of ether oxygens (including phenoxy) is 3.